The van der Waals surface area contributed by atoms with Crippen molar-refractivity contribution in [2.24, 2.45) is 16.9 Å². The summed E-state index contributed by atoms with van der Waals surface area (Å²) in [4.78, 5) is 42.9. The molecule has 42 heavy (non-hydrogen) atoms. The van der Waals surface area contributed by atoms with Gasteiger partial charge in [0.25, 0.3) is 0 Å². The Balaban J connectivity index is 1.35. The van der Waals surface area contributed by atoms with Crippen molar-refractivity contribution in [2.75, 3.05) is 11.5 Å². The molecule has 0 radical (unpaired) electrons. The van der Waals surface area contributed by atoms with Gasteiger partial charge in [-0.2, -0.15) is 5.10 Å². The van der Waals surface area contributed by atoms with Gasteiger partial charge in [-0.05, 0) is 72.0 Å². The standard InChI is InChI=1S/C34H29N3O5/c1-3-18-41-22-15-13-21(14-16-22)37-32(39)29-28-23-8-4-6-10-25(23)34(30(29)33(37)40,26-11-7-5-9-24(26)28)19-35-36-31(38)27-17-12-20(2)42-27/h4-17,19,28-30H,3,18H2,1-2H3,(H,36,38)/b35-19-/t28?,29-,30+,34?/m1/s1. The van der Waals surface area contributed by atoms with Crippen LogP contribution in [0.2, 0.25) is 0 Å². The molecule has 4 aromatic rings. The second kappa shape index (κ2) is 9.83. The summed E-state index contributed by atoms with van der Waals surface area (Å²) in [6.45, 7) is 4.37. The minimum absolute atomic E-state index is 0.137. The van der Waals surface area contributed by atoms with E-state index in [1.165, 1.54) is 4.90 Å². The third kappa shape index (κ3) is 3.67. The monoisotopic (exact) mass is 559 g/mol. The minimum atomic E-state index is -1.08. The van der Waals surface area contributed by atoms with E-state index in [0.29, 0.717) is 23.8 Å². The number of hydrogen-bond acceptors (Lipinski definition) is 6. The largest absolute Gasteiger partial charge is 0.494 e. The molecule has 0 saturated carbocycles. The van der Waals surface area contributed by atoms with Gasteiger partial charge in [-0.3, -0.25) is 14.4 Å². The van der Waals surface area contributed by atoms with Crippen molar-refractivity contribution < 1.29 is 23.5 Å². The molecule has 8 heteroatoms. The lowest BCUT2D eigenvalue weighted by Gasteiger charge is -2.52. The fourth-order valence-electron chi connectivity index (χ4n) is 7.02. The molecule has 1 saturated heterocycles. The van der Waals surface area contributed by atoms with Crippen LogP contribution in [0.25, 0.3) is 0 Å². The van der Waals surface area contributed by atoms with Crippen molar-refractivity contribution in [3.63, 3.8) is 0 Å². The second-order valence-electron chi connectivity index (χ2n) is 11.0. The van der Waals surface area contributed by atoms with Crippen LogP contribution in [-0.4, -0.2) is 30.5 Å². The number of carbonyl (C=O) groups excluding carboxylic acids is 3. The zero-order valence-corrected chi connectivity index (χ0v) is 23.2. The highest BCUT2D eigenvalue weighted by atomic mass is 16.5. The number of imide groups is 1. The quantitative estimate of drug-likeness (QED) is 0.187. The Morgan fingerprint density at radius 2 is 1.62 bits per heavy atom. The van der Waals surface area contributed by atoms with Gasteiger partial charge in [0.15, 0.2) is 5.76 Å². The van der Waals surface area contributed by atoms with E-state index in [9.17, 15) is 14.4 Å². The van der Waals surface area contributed by atoms with Crippen molar-refractivity contribution in [2.45, 2.75) is 31.6 Å². The van der Waals surface area contributed by atoms with Crippen molar-refractivity contribution in [3.05, 3.63) is 119 Å². The van der Waals surface area contributed by atoms with Gasteiger partial charge in [0.05, 0.1) is 29.5 Å². The van der Waals surface area contributed by atoms with Crippen LogP contribution in [0.1, 0.15) is 57.8 Å². The first-order valence-corrected chi connectivity index (χ1v) is 14.2. The number of hydrogen-bond donors (Lipinski definition) is 1. The maximum absolute atomic E-state index is 14.5. The summed E-state index contributed by atoms with van der Waals surface area (Å²) in [6, 6.07) is 26.2. The summed E-state index contributed by atoms with van der Waals surface area (Å²) in [6.07, 6.45) is 2.52. The molecule has 2 atom stereocenters. The molecule has 1 fully saturated rings. The van der Waals surface area contributed by atoms with Crippen LogP contribution in [0.3, 0.4) is 0 Å². The Kier molecular flexibility index (Phi) is 6.08. The van der Waals surface area contributed by atoms with Crippen LogP contribution in [0, 0.1) is 18.8 Å². The lowest BCUT2D eigenvalue weighted by molar-refractivity contribution is -0.122. The molecule has 210 valence electrons. The number of nitrogens with zero attached hydrogens (tertiary/aromatic N) is 2. The van der Waals surface area contributed by atoms with Crippen LogP contribution in [0.4, 0.5) is 5.69 Å². The minimum Gasteiger partial charge on any atom is -0.494 e. The molecule has 1 aromatic heterocycles. The maximum Gasteiger partial charge on any atom is 0.307 e. The molecule has 0 spiro atoms. The Hall–Kier alpha value is -4.98. The molecule has 8 nitrogen and oxygen atoms in total. The van der Waals surface area contributed by atoms with E-state index in [-0.39, 0.29) is 23.5 Å². The molecule has 3 aromatic carbocycles. The molecule has 2 bridgehead atoms. The normalized spacial score (nSPS) is 23.6. The third-order valence-electron chi connectivity index (χ3n) is 8.65. The van der Waals surface area contributed by atoms with Gasteiger partial charge < -0.3 is 9.15 Å². The van der Waals surface area contributed by atoms with Gasteiger partial charge >= 0.3 is 5.91 Å². The number of nitrogens with one attached hydrogen (secondary N) is 1. The summed E-state index contributed by atoms with van der Waals surface area (Å²) in [5, 5.41) is 4.42. The Morgan fingerprint density at radius 3 is 2.24 bits per heavy atom. The number of furan rings is 1. The number of amides is 3. The number of anilines is 1. The molecule has 1 aliphatic heterocycles. The summed E-state index contributed by atoms with van der Waals surface area (Å²) < 4.78 is 11.2. The fourth-order valence-corrected chi connectivity index (χ4v) is 7.02. The molecule has 3 amide bonds. The highest BCUT2D eigenvalue weighted by Crippen LogP contribution is 2.63. The first-order chi connectivity index (χ1) is 20.5. The van der Waals surface area contributed by atoms with Crippen molar-refractivity contribution >= 4 is 29.6 Å². The number of carbonyl (C=O) groups is 3. The first kappa shape index (κ1) is 26.0. The average Bonchev–Trinajstić information content (AvgIpc) is 3.57. The number of ether oxygens (including phenoxy) is 1. The molecule has 3 aliphatic carbocycles. The van der Waals surface area contributed by atoms with E-state index in [0.717, 1.165) is 28.7 Å². The van der Waals surface area contributed by atoms with E-state index < -0.39 is 23.2 Å². The Bertz CT molecular complexity index is 1710. The van der Waals surface area contributed by atoms with Crippen LogP contribution >= 0.6 is 0 Å². The first-order valence-electron chi connectivity index (χ1n) is 14.2. The summed E-state index contributed by atoms with van der Waals surface area (Å²) in [5.74, 6) is -1.27. The molecule has 2 heterocycles. The van der Waals surface area contributed by atoms with E-state index in [2.05, 4.69) is 10.5 Å². The smallest absolute Gasteiger partial charge is 0.307 e. The van der Waals surface area contributed by atoms with E-state index in [1.54, 1.807) is 49.5 Å². The van der Waals surface area contributed by atoms with E-state index >= 15 is 0 Å². The summed E-state index contributed by atoms with van der Waals surface area (Å²) in [5.41, 5.74) is 5.81. The third-order valence-corrected chi connectivity index (χ3v) is 8.65. The summed E-state index contributed by atoms with van der Waals surface area (Å²) >= 11 is 0. The molecular weight excluding hydrogens is 530 g/mol. The van der Waals surface area contributed by atoms with Gasteiger partial charge in [0.1, 0.15) is 11.5 Å². The Labute approximate surface area is 243 Å². The lowest BCUT2D eigenvalue weighted by atomic mass is 9.47. The zero-order chi connectivity index (χ0) is 29.0. The van der Waals surface area contributed by atoms with Crippen LogP contribution < -0.4 is 15.1 Å². The van der Waals surface area contributed by atoms with Gasteiger partial charge in [-0.15, -0.1) is 0 Å². The number of hydrazone groups is 1. The van der Waals surface area contributed by atoms with E-state index in [4.69, 9.17) is 9.15 Å². The van der Waals surface area contributed by atoms with E-state index in [1.807, 2.05) is 55.5 Å². The SMILES string of the molecule is CCCOc1ccc(N2C(=O)[C@@H]3C4c5ccccc5C(/C=N\NC(=O)c5ccc(C)o5)(c5ccccc54)[C@@H]3C2=O)cc1. The van der Waals surface area contributed by atoms with Crippen molar-refractivity contribution in [3.8, 4) is 5.75 Å². The molecule has 4 aliphatic rings. The highest BCUT2D eigenvalue weighted by molar-refractivity contribution is 6.25. The molecular formula is C34H29N3O5. The molecule has 0 unspecified atom stereocenters. The van der Waals surface area contributed by atoms with Gasteiger partial charge in [0, 0.05) is 12.1 Å². The highest BCUT2D eigenvalue weighted by Gasteiger charge is 2.68. The molecule has 1 N–H and O–H groups in total. The number of aryl methyl sites for hydroxylation is 1. The van der Waals surface area contributed by atoms with Crippen LogP contribution in [0.5, 0.6) is 5.75 Å². The zero-order valence-electron chi connectivity index (χ0n) is 23.2. The maximum atomic E-state index is 14.5. The van der Waals surface area contributed by atoms with Gasteiger partial charge in [-0.1, -0.05) is 55.5 Å². The van der Waals surface area contributed by atoms with Gasteiger partial charge in [0.2, 0.25) is 11.8 Å². The number of benzene rings is 3. The number of rotatable bonds is 7. The second-order valence-corrected chi connectivity index (χ2v) is 11.0. The predicted molar refractivity (Wildman–Crippen MR) is 157 cm³/mol. The topological polar surface area (TPSA) is 101 Å². The van der Waals surface area contributed by atoms with Crippen molar-refractivity contribution in [1.82, 2.24) is 5.43 Å². The molecule has 8 rings (SSSR count). The van der Waals surface area contributed by atoms with Crippen molar-refractivity contribution in [1.29, 1.82) is 0 Å². The fraction of sp³-hybridized carbons (Fsp3) is 0.235. The lowest BCUT2D eigenvalue weighted by Crippen LogP contribution is -2.54. The summed E-state index contributed by atoms with van der Waals surface area (Å²) in [7, 11) is 0. The van der Waals surface area contributed by atoms with Crippen LogP contribution in [-0.2, 0) is 15.0 Å². The van der Waals surface area contributed by atoms with Crippen LogP contribution in [0.15, 0.2) is 94.4 Å². The Morgan fingerprint density at radius 1 is 0.952 bits per heavy atom. The van der Waals surface area contributed by atoms with Gasteiger partial charge in [-0.25, -0.2) is 10.3 Å². The average molecular weight is 560 g/mol. The predicted octanol–water partition coefficient (Wildman–Crippen LogP) is 5.34.